The molecule has 14 heavy (non-hydrogen) atoms. The van der Waals surface area contributed by atoms with E-state index in [0.29, 0.717) is 11.5 Å². The fraction of sp³-hybridized carbons (Fsp3) is 0. The fourth-order valence-corrected chi connectivity index (χ4v) is 1.18. The number of nitrogens with zero attached hydrogens (tertiary/aromatic N) is 2. The van der Waals surface area contributed by atoms with Crippen LogP contribution < -0.4 is 11.3 Å². The quantitative estimate of drug-likeness (QED) is 0.718. The zero-order chi connectivity index (χ0) is 9.97. The fourth-order valence-electron chi connectivity index (χ4n) is 1.18. The van der Waals surface area contributed by atoms with Gasteiger partial charge in [0.15, 0.2) is 0 Å². The minimum absolute atomic E-state index is 0.0842. The highest BCUT2D eigenvalue weighted by Crippen LogP contribution is 2.04. The van der Waals surface area contributed by atoms with Gasteiger partial charge in [-0.2, -0.15) is 0 Å². The molecular formula is C10H9N3O. The number of aromatic nitrogens is 2. The van der Waals surface area contributed by atoms with Crippen LogP contribution in [0.2, 0.25) is 0 Å². The molecule has 2 rings (SSSR count). The van der Waals surface area contributed by atoms with Gasteiger partial charge >= 0.3 is 0 Å². The lowest BCUT2D eigenvalue weighted by Crippen LogP contribution is -2.15. The largest absolute Gasteiger partial charge is 0.384 e. The van der Waals surface area contributed by atoms with Crippen molar-refractivity contribution in [1.82, 2.24) is 9.55 Å². The van der Waals surface area contributed by atoms with Crippen LogP contribution in [-0.2, 0) is 0 Å². The summed E-state index contributed by atoms with van der Waals surface area (Å²) < 4.78 is 1.51. The van der Waals surface area contributed by atoms with Crippen LogP contribution in [0.1, 0.15) is 0 Å². The first kappa shape index (κ1) is 8.50. The summed E-state index contributed by atoms with van der Waals surface area (Å²) in [5.41, 5.74) is 6.07. The smallest absolute Gasteiger partial charge is 0.255 e. The molecule has 0 aliphatic rings. The Hall–Kier alpha value is -2.10. The van der Waals surface area contributed by atoms with E-state index in [0.717, 1.165) is 0 Å². The molecule has 4 heteroatoms. The van der Waals surface area contributed by atoms with Crippen LogP contribution in [0, 0.1) is 0 Å². The number of nitrogen functional groups attached to an aromatic ring is 1. The Morgan fingerprint density at radius 1 is 1.21 bits per heavy atom. The van der Waals surface area contributed by atoms with Crippen LogP contribution in [-0.4, -0.2) is 9.55 Å². The van der Waals surface area contributed by atoms with Gasteiger partial charge in [0.1, 0.15) is 5.82 Å². The molecule has 0 spiro atoms. The minimum Gasteiger partial charge on any atom is -0.384 e. The van der Waals surface area contributed by atoms with Crippen molar-refractivity contribution in [3.8, 4) is 5.69 Å². The molecule has 0 saturated heterocycles. The van der Waals surface area contributed by atoms with E-state index in [1.165, 1.54) is 10.6 Å². The molecule has 0 atom stereocenters. The standard InChI is InChI=1S/C10H9N3O/c11-9-5-4-8(7-12-9)13-6-2-1-3-10(13)14/h1-7H,(H2,11,12). The molecule has 0 unspecified atom stereocenters. The number of hydrogen-bond donors (Lipinski definition) is 1. The van der Waals surface area contributed by atoms with Crippen LogP contribution in [0.3, 0.4) is 0 Å². The zero-order valence-electron chi connectivity index (χ0n) is 7.42. The average Bonchev–Trinajstić information content (AvgIpc) is 2.20. The Labute approximate surface area is 80.6 Å². The molecule has 0 aliphatic heterocycles. The van der Waals surface area contributed by atoms with Gasteiger partial charge in [0.05, 0.1) is 11.9 Å². The van der Waals surface area contributed by atoms with Crippen molar-refractivity contribution in [2.45, 2.75) is 0 Å². The molecule has 0 saturated carbocycles. The zero-order valence-corrected chi connectivity index (χ0v) is 7.42. The van der Waals surface area contributed by atoms with E-state index in [1.54, 1.807) is 36.7 Å². The van der Waals surface area contributed by atoms with Gasteiger partial charge in [-0.05, 0) is 18.2 Å². The van der Waals surface area contributed by atoms with Gasteiger partial charge in [0, 0.05) is 12.3 Å². The summed E-state index contributed by atoms with van der Waals surface area (Å²) in [7, 11) is 0. The summed E-state index contributed by atoms with van der Waals surface area (Å²) >= 11 is 0. The Kier molecular flexibility index (Phi) is 2.02. The van der Waals surface area contributed by atoms with Gasteiger partial charge in [0.25, 0.3) is 5.56 Å². The summed E-state index contributed by atoms with van der Waals surface area (Å²) in [5.74, 6) is 0.442. The predicted molar refractivity (Wildman–Crippen MR) is 54.2 cm³/mol. The van der Waals surface area contributed by atoms with E-state index in [-0.39, 0.29) is 5.56 Å². The molecule has 0 bridgehead atoms. The average molecular weight is 187 g/mol. The maximum absolute atomic E-state index is 11.4. The molecule has 4 nitrogen and oxygen atoms in total. The molecule has 0 aliphatic carbocycles. The van der Waals surface area contributed by atoms with Crippen molar-refractivity contribution in [2.24, 2.45) is 0 Å². The summed E-state index contributed by atoms with van der Waals surface area (Å²) in [6.07, 6.45) is 3.26. The first-order valence-electron chi connectivity index (χ1n) is 4.17. The molecule has 2 heterocycles. The molecule has 0 amide bonds. The highest BCUT2D eigenvalue weighted by Gasteiger charge is 1.97. The van der Waals surface area contributed by atoms with Crippen molar-refractivity contribution in [1.29, 1.82) is 0 Å². The van der Waals surface area contributed by atoms with E-state index in [1.807, 2.05) is 0 Å². The van der Waals surface area contributed by atoms with Gasteiger partial charge < -0.3 is 5.73 Å². The van der Waals surface area contributed by atoms with Gasteiger partial charge in [-0.15, -0.1) is 0 Å². The second-order valence-electron chi connectivity index (χ2n) is 2.85. The molecule has 2 aromatic rings. The van der Waals surface area contributed by atoms with Gasteiger partial charge in [-0.1, -0.05) is 6.07 Å². The van der Waals surface area contributed by atoms with Crippen LogP contribution in [0.5, 0.6) is 0 Å². The van der Waals surface area contributed by atoms with E-state index in [4.69, 9.17) is 5.73 Å². The van der Waals surface area contributed by atoms with E-state index >= 15 is 0 Å². The van der Waals surface area contributed by atoms with E-state index < -0.39 is 0 Å². The Balaban J connectivity index is 2.56. The van der Waals surface area contributed by atoms with Gasteiger partial charge in [-0.25, -0.2) is 4.98 Å². The molecule has 0 radical (unpaired) electrons. The first-order valence-corrected chi connectivity index (χ1v) is 4.17. The van der Waals surface area contributed by atoms with Crippen molar-refractivity contribution < 1.29 is 0 Å². The van der Waals surface area contributed by atoms with E-state index in [9.17, 15) is 4.79 Å². The molecule has 70 valence electrons. The number of pyridine rings is 2. The van der Waals surface area contributed by atoms with Gasteiger partial charge in [-0.3, -0.25) is 9.36 Å². The molecule has 2 aromatic heterocycles. The Morgan fingerprint density at radius 3 is 2.71 bits per heavy atom. The lowest BCUT2D eigenvalue weighted by Gasteiger charge is -2.03. The van der Waals surface area contributed by atoms with Crippen LogP contribution in [0.4, 0.5) is 5.82 Å². The summed E-state index contributed by atoms with van der Waals surface area (Å²) in [5, 5.41) is 0. The monoisotopic (exact) mass is 187 g/mol. The second-order valence-corrected chi connectivity index (χ2v) is 2.85. The number of anilines is 1. The third-order valence-corrected chi connectivity index (χ3v) is 1.87. The first-order chi connectivity index (χ1) is 6.77. The van der Waals surface area contributed by atoms with Crippen LogP contribution in [0.15, 0.2) is 47.5 Å². The highest BCUT2D eigenvalue weighted by atomic mass is 16.1. The highest BCUT2D eigenvalue weighted by molar-refractivity contribution is 5.37. The van der Waals surface area contributed by atoms with Crippen molar-refractivity contribution >= 4 is 5.82 Å². The van der Waals surface area contributed by atoms with Crippen molar-refractivity contribution in [2.75, 3.05) is 5.73 Å². The molecule has 0 fully saturated rings. The van der Waals surface area contributed by atoms with Crippen LogP contribution in [0.25, 0.3) is 5.69 Å². The lowest BCUT2D eigenvalue weighted by molar-refractivity contribution is 0.979. The molecular weight excluding hydrogens is 178 g/mol. The normalized spacial score (nSPS) is 10.0. The van der Waals surface area contributed by atoms with Crippen molar-refractivity contribution in [3.63, 3.8) is 0 Å². The third kappa shape index (κ3) is 1.50. The maximum atomic E-state index is 11.4. The minimum atomic E-state index is -0.0842. The Bertz CT molecular complexity index is 487. The summed E-state index contributed by atoms with van der Waals surface area (Å²) in [4.78, 5) is 15.3. The Morgan fingerprint density at radius 2 is 2.07 bits per heavy atom. The second kappa shape index (κ2) is 3.33. The summed E-state index contributed by atoms with van der Waals surface area (Å²) in [6.45, 7) is 0. The maximum Gasteiger partial charge on any atom is 0.255 e. The number of rotatable bonds is 1. The molecule has 0 aromatic carbocycles. The van der Waals surface area contributed by atoms with E-state index in [2.05, 4.69) is 4.98 Å². The topological polar surface area (TPSA) is 60.9 Å². The van der Waals surface area contributed by atoms with Crippen molar-refractivity contribution in [3.05, 3.63) is 53.1 Å². The third-order valence-electron chi connectivity index (χ3n) is 1.87. The predicted octanol–water partition coefficient (Wildman–Crippen LogP) is 0.815. The number of hydrogen-bond acceptors (Lipinski definition) is 3. The SMILES string of the molecule is Nc1ccc(-n2ccccc2=O)cn1. The molecule has 2 N–H and O–H groups in total. The van der Waals surface area contributed by atoms with Gasteiger partial charge in [0.2, 0.25) is 0 Å². The summed E-state index contributed by atoms with van der Waals surface area (Å²) in [6, 6.07) is 8.40. The van der Waals surface area contributed by atoms with Crippen LogP contribution >= 0.6 is 0 Å². The lowest BCUT2D eigenvalue weighted by atomic mass is 10.4. The number of nitrogens with two attached hydrogens (primary N) is 1.